The van der Waals surface area contributed by atoms with Crippen molar-refractivity contribution in [2.75, 3.05) is 13.1 Å². The summed E-state index contributed by atoms with van der Waals surface area (Å²) in [6.07, 6.45) is 9.05. The molecule has 1 saturated carbocycles. The Morgan fingerprint density at radius 2 is 1.82 bits per heavy atom. The number of hydrogen-bond acceptors (Lipinski definition) is 5. The Labute approximate surface area is 170 Å². The molecule has 3 rings (SSSR count). The third-order valence-electron chi connectivity index (χ3n) is 5.22. The van der Waals surface area contributed by atoms with Gasteiger partial charge in [0.15, 0.2) is 0 Å². The minimum absolute atomic E-state index is 0.00623. The second-order valence-corrected chi connectivity index (χ2v) is 8.80. The molecule has 2 heterocycles. The zero-order chi connectivity index (χ0) is 19.9. The molecule has 1 saturated heterocycles. The lowest BCUT2D eigenvalue weighted by molar-refractivity contribution is -0.119. The van der Waals surface area contributed by atoms with Crippen LogP contribution in [0.1, 0.15) is 62.2 Å². The number of carbonyl (C=O) groups is 3. The molecule has 1 atom stereocenters. The third-order valence-corrected chi connectivity index (χ3v) is 6.27. The van der Waals surface area contributed by atoms with Gasteiger partial charge < -0.3 is 10.2 Å². The zero-order valence-corrected chi connectivity index (χ0v) is 17.1. The fraction of sp³-hybridized carbons (Fsp3) is 0.600. The molecule has 1 aliphatic heterocycles. The molecule has 0 unspecified atom stereocenters. The lowest BCUT2D eigenvalue weighted by atomic mass is 9.96. The maximum absolute atomic E-state index is 12.3. The summed E-state index contributed by atoms with van der Waals surface area (Å²) in [6, 6.07) is 3.23. The molecular weight excluding hydrogens is 376 g/mol. The molecule has 2 N–H and O–H groups in total. The van der Waals surface area contributed by atoms with Gasteiger partial charge in [-0.2, -0.15) is 0 Å². The number of nitrogens with zero attached hydrogens (tertiary/aromatic N) is 2. The van der Waals surface area contributed by atoms with E-state index in [0.717, 1.165) is 51.6 Å². The average Bonchev–Trinajstić information content (AvgIpc) is 3.23. The molecule has 2 aliphatic rings. The summed E-state index contributed by atoms with van der Waals surface area (Å²) in [5, 5.41) is 5.47. The summed E-state index contributed by atoms with van der Waals surface area (Å²) in [5.41, 5.74) is 0.565. The summed E-state index contributed by atoms with van der Waals surface area (Å²) >= 11 is 1.26. The molecule has 8 heteroatoms. The van der Waals surface area contributed by atoms with Crippen molar-refractivity contribution in [2.45, 2.75) is 68.2 Å². The molecule has 0 radical (unpaired) electrons. The van der Waals surface area contributed by atoms with E-state index < -0.39 is 11.3 Å². The van der Waals surface area contributed by atoms with Crippen molar-refractivity contribution in [3.05, 3.63) is 23.9 Å². The monoisotopic (exact) mass is 404 g/mol. The van der Waals surface area contributed by atoms with E-state index in [4.69, 9.17) is 0 Å². The first kappa shape index (κ1) is 20.6. The molecule has 0 bridgehead atoms. The summed E-state index contributed by atoms with van der Waals surface area (Å²) in [5.74, 6) is -0.343. The van der Waals surface area contributed by atoms with Crippen molar-refractivity contribution in [3.8, 4) is 0 Å². The van der Waals surface area contributed by atoms with Gasteiger partial charge in [0.1, 0.15) is 0 Å². The maximum Gasteiger partial charge on any atom is 0.321 e. The molecule has 7 nitrogen and oxygen atoms in total. The second kappa shape index (κ2) is 9.91. The predicted molar refractivity (Wildman–Crippen MR) is 108 cm³/mol. The van der Waals surface area contributed by atoms with Crippen LogP contribution in [0.4, 0.5) is 4.79 Å². The Morgan fingerprint density at radius 3 is 2.46 bits per heavy atom. The maximum atomic E-state index is 12.3. The number of urea groups is 1. The fourth-order valence-corrected chi connectivity index (χ4v) is 4.38. The number of carbonyl (C=O) groups excluding carboxylic acids is 3. The molecule has 1 aromatic rings. The highest BCUT2D eigenvalue weighted by Crippen LogP contribution is 2.22. The van der Waals surface area contributed by atoms with Gasteiger partial charge in [0.05, 0.1) is 15.8 Å². The smallest absolute Gasteiger partial charge is 0.321 e. The Morgan fingerprint density at radius 1 is 1.11 bits per heavy atom. The van der Waals surface area contributed by atoms with Gasteiger partial charge in [0, 0.05) is 25.3 Å². The van der Waals surface area contributed by atoms with Crippen molar-refractivity contribution in [1.29, 1.82) is 0 Å². The van der Waals surface area contributed by atoms with Crippen molar-refractivity contribution in [2.24, 2.45) is 0 Å². The van der Waals surface area contributed by atoms with Crippen LogP contribution in [0.15, 0.2) is 23.4 Å². The molecule has 4 amide bonds. The first-order chi connectivity index (χ1) is 13.5. The molecular formula is C20H28N4O3S. The highest BCUT2D eigenvalue weighted by atomic mass is 32.2. The van der Waals surface area contributed by atoms with Crippen molar-refractivity contribution >= 4 is 29.6 Å². The molecule has 1 aliphatic carbocycles. The van der Waals surface area contributed by atoms with Crippen LogP contribution in [-0.4, -0.2) is 52.1 Å². The molecule has 152 valence electrons. The summed E-state index contributed by atoms with van der Waals surface area (Å²) in [7, 11) is 0. The zero-order valence-electron chi connectivity index (χ0n) is 16.3. The first-order valence-corrected chi connectivity index (χ1v) is 10.9. The normalized spacial score (nSPS) is 18.5. The van der Waals surface area contributed by atoms with Gasteiger partial charge in [-0.3, -0.25) is 14.9 Å². The number of nitrogens with one attached hydrogen (secondary N) is 2. The molecule has 0 spiro atoms. The lowest BCUT2D eigenvalue weighted by Gasteiger charge is -2.23. The predicted octanol–water partition coefficient (Wildman–Crippen LogP) is 2.96. The van der Waals surface area contributed by atoms with Gasteiger partial charge in [-0.1, -0.05) is 31.0 Å². The van der Waals surface area contributed by atoms with Gasteiger partial charge in [-0.05, 0) is 44.7 Å². The Bertz CT molecular complexity index is 698. The lowest BCUT2D eigenvalue weighted by Crippen LogP contribution is -2.47. The highest BCUT2D eigenvalue weighted by molar-refractivity contribution is 8.00. The van der Waals surface area contributed by atoms with Crippen LogP contribution in [-0.2, 0) is 4.79 Å². The van der Waals surface area contributed by atoms with E-state index in [2.05, 4.69) is 15.6 Å². The number of likely N-dealkylation sites (tertiary alicyclic amines) is 1. The number of hydrogen-bond donors (Lipinski definition) is 2. The SMILES string of the molecule is C[C@@H](Sc1ccc(C(=O)N2CCCC2)cn1)C(=O)NC(=O)NC1CCCCC1. The summed E-state index contributed by atoms with van der Waals surface area (Å²) in [6.45, 7) is 3.34. The van der Waals surface area contributed by atoms with E-state index in [0.29, 0.717) is 10.6 Å². The number of amides is 4. The van der Waals surface area contributed by atoms with Crippen LogP contribution >= 0.6 is 11.8 Å². The average molecular weight is 405 g/mol. The first-order valence-electron chi connectivity index (χ1n) is 10.1. The summed E-state index contributed by atoms with van der Waals surface area (Å²) < 4.78 is 0. The third kappa shape index (κ3) is 5.70. The minimum atomic E-state index is -0.468. The van der Waals surface area contributed by atoms with Crippen LogP contribution in [0.3, 0.4) is 0 Å². The number of rotatable bonds is 5. The number of imide groups is 1. The number of aromatic nitrogens is 1. The van der Waals surface area contributed by atoms with Crippen LogP contribution in [0.2, 0.25) is 0 Å². The second-order valence-electron chi connectivity index (χ2n) is 7.44. The van der Waals surface area contributed by atoms with Crippen LogP contribution in [0.25, 0.3) is 0 Å². The Balaban J connectivity index is 1.46. The van der Waals surface area contributed by atoms with Gasteiger partial charge in [-0.25, -0.2) is 9.78 Å². The van der Waals surface area contributed by atoms with E-state index >= 15 is 0 Å². The van der Waals surface area contributed by atoms with Crippen LogP contribution < -0.4 is 10.6 Å². The standard InChI is InChI=1S/C20H28N4O3S/c1-14(18(25)23-20(27)22-16-7-3-2-4-8-16)28-17-10-9-15(13-21-17)19(26)24-11-5-6-12-24/h9-10,13-14,16H,2-8,11-12H2,1H3,(H2,22,23,25,27)/t14-/m1/s1. The highest BCUT2D eigenvalue weighted by Gasteiger charge is 2.22. The largest absolute Gasteiger partial charge is 0.339 e. The van der Waals surface area contributed by atoms with Crippen LogP contribution in [0.5, 0.6) is 0 Å². The van der Waals surface area contributed by atoms with Gasteiger partial charge in [0.2, 0.25) is 5.91 Å². The van der Waals surface area contributed by atoms with Gasteiger partial charge in [0.25, 0.3) is 5.91 Å². The fourth-order valence-electron chi connectivity index (χ4n) is 3.60. The number of pyridine rings is 1. The number of thioether (sulfide) groups is 1. The molecule has 28 heavy (non-hydrogen) atoms. The molecule has 1 aromatic heterocycles. The van der Waals surface area contributed by atoms with Crippen molar-refractivity contribution in [3.63, 3.8) is 0 Å². The quantitative estimate of drug-likeness (QED) is 0.736. The molecule has 0 aromatic carbocycles. The summed E-state index contributed by atoms with van der Waals surface area (Å²) in [4.78, 5) is 42.8. The van der Waals surface area contributed by atoms with Gasteiger partial charge >= 0.3 is 6.03 Å². The molecule has 2 fully saturated rings. The van der Waals surface area contributed by atoms with Gasteiger partial charge in [-0.15, -0.1) is 0 Å². The van der Waals surface area contributed by atoms with E-state index in [1.54, 1.807) is 25.3 Å². The topological polar surface area (TPSA) is 91.4 Å². The minimum Gasteiger partial charge on any atom is -0.339 e. The van der Waals surface area contributed by atoms with E-state index in [1.807, 2.05) is 4.90 Å². The van der Waals surface area contributed by atoms with Crippen LogP contribution in [0, 0.1) is 0 Å². The van der Waals surface area contributed by atoms with E-state index in [-0.39, 0.29) is 17.9 Å². The Kier molecular flexibility index (Phi) is 7.30. The van der Waals surface area contributed by atoms with Crippen molar-refractivity contribution < 1.29 is 14.4 Å². The Hall–Kier alpha value is -2.09. The van der Waals surface area contributed by atoms with E-state index in [9.17, 15) is 14.4 Å². The van der Waals surface area contributed by atoms with E-state index in [1.165, 1.54) is 18.2 Å². The van der Waals surface area contributed by atoms with Crippen molar-refractivity contribution in [1.82, 2.24) is 20.5 Å².